The molecule has 6 heteroatoms. The van der Waals surface area contributed by atoms with Crippen LogP contribution in [0, 0.1) is 11.3 Å². The minimum absolute atomic E-state index is 0. The zero-order chi connectivity index (χ0) is 16.0. The molecule has 0 aromatic heterocycles. The lowest BCUT2D eigenvalue weighted by atomic mass is 9.55. The number of nitrogens with one attached hydrogen (secondary N) is 2. The molecular weight excluding hydrogens is 415 g/mol. The van der Waals surface area contributed by atoms with Gasteiger partial charge < -0.3 is 15.4 Å². The number of likely N-dealkylation sites (tertiary alicyclic amines) is 1. The number of nitrogens with zero attached hydrogens (tertiary/aromatic N) is 2. The van der Waals surface area contributed by atoms with Crippen LogP contribution in [0.5, 0.6) is 0 Å². The molecular formula is C18H33IN4O. The number of fused-ring (bicyclic) bond motifs is 1. The van der Waals surface area contributed by atoms with E-state index in [4.69, 9.17) is 4.74 Å². The normalized spacial score (nSPS) is 38.7. The number of rotatable bonds is 3. The van der Waals surface area contributed by atoms with E-state index < -0.39 is 0 Å². The van der Waals surface area contributed by atoms with Gasteiger partial charge in [0, 0.05) is 56.2 Å². The summed E-state index contributed by atoms with van der Waals surface area (Å²) in [7, 11) is 1.89. The second kappa shape index (κ2) is 7.27. The summed E-state index contributed by atoms with van der Waals surface area (Å²) in [5.41, 5.74) is 0.193. The zero-order valence-electron chi connectivity index (χ0n) is 15.3. The van der Waals surface area contributed by atoms with E-state index in [1.807, 2.05) is 7.05 Å². The molecule has 2 saturated heterocycles. The molecule has 4 atom stereocenters. The van der Waals surface area contributed by atoms with Crippen molar-refractivity contribution in [2.24, 2.45) is 16.3 Å². The van der Waals surface area contributed by atoms with Crippen molar-refractivity contribution >= 4 is 29.9 Å². The molecule has 4 fully saturated rings. The van der Waals surface area contributed by atoms with Gasteiger partial charge in [0.1, 0.15) is 0 Å². The maximum Gasteiger partial charge on any atom is 0.191 e. The van der Waals surface area contributed by atoms with Crippen molar-refractivity contribution in [3.63, 3.8) is 0 Å². The molecule has 4 unspecified atom stereocenters. The summed E-state index contributed by atoms with van der Waals surface area (Å²) >= 11 is 0. The molecule has 4 aliphatic rings. The van der Waals surface area contributed by atoms with Crippen molar-refractivity contribution < 1.29 is 4.74 Å². The smallest absolute Gasteiger partial charge is 0.191 e. The van der Waals surface area contributed by atoms with E-state index in [1.165, 1.54) is 45.2 Å². The average molecular weight is 448 g/mol. The number of ether oxygens (including phenoxy) is 1. The molecule has 0 bridgehead atoms. The number of hydrogen-bond acceptors (Lipinski definition) is 3. The van der Waals surface area contributed by atoms with Crippen LogP contribution in [0.3, 0.4) is 0 Å². The minimum Gasteiger partial charge on any atom is -0.377 e. The van der Waals surface area contributed by atoms with Crippen LogP contribution in [0.15, 0.2) is 4.99 Å². The third-order valence-electron chi connectivity index (χ3n) is 6.47. The molecule has 24 heavy (non-hydrogen) atoms. The van der Waals surface area contributed by atoms with Crippen LogP contribution >= 0.6 is 24.0 Å². The van der Waals surface area contributed by atoms with Crippen LogP contribution in [0.1, 0.15) is 46.0 Å². The van der Waals surface area contributed by atoms with E-state index in [0.717, 1.165) is 18.6 Å². The lowest BCUT2D eigenvalue weighted by Crippen LogP contribution is -2.71. The SMILES string of the molecule is CN=C(NC1CCN(C2CC2)C1)NC1C2CCCOC2C1(C)C.I. The molecule has 2 saturated carbocycles. The standard InChI is InChI=1S/C18H32N4O.HI/c1-18(2)15(14-5-4-10-23-16(14)18)21-17(19-3)20-12-8-9-22(11-12)13-6-7-13;/h12-16H,4-11H2,1-3H3,(H2,19,20,21);1H. The molecule has 0 aromatic carbocycles. The van der Waals surface area contributed by atoms with Crippen LogP contribution in [0.2, 0.25) is 0 Å². The van der Waals surface area contributed by atoms with Crippen LogP contribution in [0.4, 0.5) is 0 Å². The Bertz CT molecular complexity index is 480. The van der Waals surface area contributed by atoms with E-state index in [9.17, 15) is 0 Å². The lowest BCUT2D eigenvalue weighted by molar-refractivity contribution is -0.188. The fourth-order valence-electron chi connectivity index (χ4n) is 5.00. The van der Waals surface area contributed by atoms with Crippen molar-refractivity contribution in [3.8, 4) is 0 Å². The summed E-state index contributed by atoms with van der Waals surface area (Å²) in [5, 5.41) is 7.39. The monoisotopic (exact) mass is 448 g/mol. The van der Waals surface area contributed by atoms with Gasteiger partial charge in [-0.2, -0.15) is 0 Å². The van der Waals surface area contributed by atoms with Crippen molar-refractivity contribution in [1.29, 1.82) is 0 Å². The second-order valence-corrected chi connectivity index (χ2v) is 8.47. The fraction of sp³-hybridized carbons (Fsp3) is 0.944. The highest BCUT2D eigenvalue weighted by Gasteiger charge is 2.58. The Morgan fingerprint density at radius 3 is 2.67 bits per heavy atom. The molecule has 0 amide bonds. The largest absolute Gasteiger partial charge is 0.377 e. The van der Waals surface area contributed by atoms with Gasteiger partial charge in [-0.15, -0.1) is 24.0 Å². The highest BCUT2D eigenvalue weighted by atomic mass is 127. The number of aliphatic imine (C=N–C) groups is 1. The molecule has 138 valence electrons. The Kier molecular flexibility index (Phi) is 5.67. The van der Waals surface area contributed by atoms with Crippen LogP contribution in [0.25, 0.3) is 0 Å². The van der Waals surface area contributed by atoms with Gasteiger partial charge in [0.15, 0.2) is 5.96 Å². The van der Waals surface area contributed by atoms with E-state index in [-0.39, 0.29) is 29.4 Å². The van der Waals surface area contributed by atoms with Gasteiger partial charge in [0.2, 0.25) is 0 Å². The Labute approximate surface area is 163 Å². The molecule has 2 N–H and O–H groups in total. The first-order valence-electron chi connectivity index (χ1n) is 9.45. The third kappa shape index (κ3) is 3.43. The van der Waals surface area contributed by atoms with Crippen molar-refractivity contribution in [2.75, 3.05) is 26.7 Å². The summed E-state index contributed by atoms with van der Waals surface area (Å²) in [6.07, 6.45) is 6.93. The maximum absolute atomic E-state index is 6.01. The zero-order valence-corrected chi connectivity index (χ0v) is 17.6. The quantitative estimate of drug-likeness (QED) is 0.395. The third-order valence-corrected chi connectivity index (χ3v) is 6.47. The molecule has 2 aliphatic heterocycles. The van der Waals surface area contributed by atoms with E-state index >= 15 is 0 Å². The topological polar surface area (TPSA) is 48.9 Å². The van der Waals surface area contributed by atoms with Crippen molar-refractivity contribution in [2.45, 2.75) is 70.2 Å². The van der Waals surface area contributed by atoms with Crippen molar-refractivity contribution in [1.82, 2.24) is 15.5 Å². The molecule has 0 spiro atoms. The molecule has 2 aliphatic carbocycles. The Morgan fingerprint density at radius 1 is 1.17 bits per heavy atom. The predicted octanol–water partition coefficient (Wildman–Crippen LogP) is 2.21. The highest BCUT2D eigenvalue weighted by Crippen LogP contribution is 2.51. The maximum atomic E-state index is 6.01. The summed E-state index contributed by atoms with van der Waals surface area (Å²) in [4.78, 5) is 7.14. The number of halogens is 1. The molecule has 5 nitrogen and oxygen atoms in total. The predicted molar refractivity (Wildman–Crippen MR) is 108 cm³/mol. The number of guanidine groups is 1. The minimum atomic E-state index is 0. The van der Waals surface area contributed by atoms with Gasteiger partial charge in [-0.1, -0.05) is 13.8 Å². The molecule has 2 heterocycles. The Hall–Kier alpha value is -0.0800. The van der Waals surface area contributed by atoms with E-state index in [0.29, 0.717) is 24.1 Å². The second-order valence-electron chi connectivity index (χ2n) is 8.47. The van der Waals surface area contributed by atoms with E-state index in [1.54, 1.807) is 0 Å². The summed E-state index contributed by atoms with van der Waals surface area (Å²) in [5.74, 6) is 1.62. The summed E-state index contributed by atoms with van der Waals surface area (Å²) in [6, 6.07) is 1.89. The average Bonchev–Trinajstić information content (AvgIpc) is 3.31. The Balaban J connectivity index is 0.00000169. The Morgan fingerprint density at radius 2 is 1.96 bits per heavy atom. The van der Waals surface area contributed by atoms with Crippen molar-refractivity contribution in [3.05, 3.63) is 0 Å². The van der Waals surface area contributed by atoms with Gasteiger partial charge >= 0.3 is 0 Å². The highest BCUT2D eigenvalue weighted by molar-refractivity contribution is 14.0. The first-order valence-corrected chi connectivity index (χ1v) is 9.45. The van der Waals surface area contributed by atoms with E-state index in [2.05, 4.69) is 34.4 Å². The van der Waals surface area contributed by atoms with Crippen LogP contribution in [-0.2, 0) is 4.74 Å². The summed E-state index contributed by atoms with van der Waals surface area (Å²) in [6.45, 7) is 8.01. The lowest BCUT2D eigenvalue weighted by Gasteiger charge is -2.60. The molecule has 0 radical (unpaired) electrons. The van der Waals surface area contributed by atoms with Gasteiger partial charge in [0.05, 0.1) is 6.10 Å². The molecule has 0 aromatic rings. The van der Waals surface area contributed by atoms with Gasteiger partial charge in [-0.25, -0.2) is 0 Å². The first-order chi connectivity index (χ1) is 11.1. The first kappa shape index (κ1) is 18.7. The fourth-order valence-corrected chi connectivity index (χ4v) is 5.00. The van der Waals surface area contributed by atoms with Gasteiger partial charge in [0.25, 0.3) is 0 Å². The summed E-state index contributed by atoms with van der Waals surface area (Å²) < 4.78 is 6.01. The number of hydrogen-bond donors (Lipinski definition) is 2. The molecule has 4 rings (SSSR count). The van der Waals surface area contributed by atoms with Crippen LogP contribution in [-0.4, -0.2) is 61.8 Å². The van der Waals surface area contributed by atoms with Crippen LogP contribution < -0.4 is 10.6 Å². The van der Waals surface area contributed by atoms with Gasteiger partial charge in [-0.05, 0) is 32.1 Å². The van der Waals surface area contributed by atoms with Gasteiger partial charge in [-0.3, -0.25) is 9.89 Å².